The highest BCUT2D eigenvalue weighted by Gasteiger charge is 2.56. The number of non-ortho nitro benzene ring substituents is 1. The minimum absolute atomic E-state index is 0.157. The van der Waals surface area contributed by atoms with Crippen LogP contribution in [0.15, 0.2) is 54.6 Å². The van der Waals surface area contributed by atoms with Gasteiger partial charge in [0, 0.05) is 18.2 Å². The van der Waals surface area contributed by atoms with Crippen LogP contribution in [-0.4, -0.2) is 86.9 Å². The summed E-state index contributed by atoms with van der Waals surface area (Å²) >= 11 is 0.651. The predicted octanol–water partition coefficient (Wildman–Crippen LogP) is 4.93. The van der Waals surface area contributed by atoms with Crippen molar-refractivity contribution in [1.82, 2.24) is 10.2 Å². The molecule has 15 heteroatoms. The predicted molar refractivity (Wildman–Crippen MR) is 191 cm³/mol. The van der Waals surface area contributed by atoms with Gasteiger partial charge in [0.1, 0.15) is 28.2 Å². The van der Waals surface area contributed by atoms with E-state index >= 15 is 0 Å². The van der Waals surface area contributed by atoms with Crippen molar-refractivity contribution in [3.05, 3.63) is 70.3 Å². The van der Waals surface area contributed by atoms with Gasteiger partial charge in [-0.15, -0.1) is 11.8 Å². The fourth-order valence-corrected chi connectivity index (χ4v) is 8.27. The molecule has 0 saturated carbocycles. The van der Waals surface area contributed by atoms with E-state index < -0.39 is 57.9 Å². The minimum Gasteiger partial charge on any atom is -0.616 e. The van der Waals surface area contributed by atoms with Gasteiger partial charge in [-0.05, 0) is 49.1 Å². The SMILES string of the molecule is C=C1CS[C@@H]2C(NC(=O)COc3cccc([N+](=O)[O-])c3)C(=O)N2C1C(=O)OC.CCCCCCCC[S+]([O-])C(C)Cc1ccc2c(c1)OCO2. The first-order chi connectivity index (χ1) is 24.0. The van der Waals surface area contributed by atoms with E-state index in [1.165, 1.54) is 85.7 Å². The zero-order chi connectivity index (χ0) is 36.2. The molecule has 272 valence electrons. The summed E-state index contributed by atoms with van der Waals surface area (Å²) in [5.41, 5.74) is 1.59. The second-order valence-corrected chi connectivity index (χ2v) is 15.3. The number of carbonyl (C=O) groups excluding carboxylic acids is 3. The molecule has 5 rings (SSSR count). The molecule has 3 aliphatic rings. The van der Waals surface area contributed by atoms with Crippen molar-refractivity contribution in [1.29, 1.82) is 0 Å². The summed E-state index contributed by atoms with van der Waals surface area (Å²) in [6, 6.07) is 9.81. The van der Waals surface area contributed by atoms with Gasteiger partial charge in [-0.25, -0.2) is 4.79 Å². The Morgan fingerprint density at radius 2 is 1.88 bits per heavy atom. The lowest BCUT2D eigenvalue weighted by molar-refractivity contribution is -0.384. The summed E-state index contributed by atoms with van der Waals surface area (Å²) in [7, 11) is 1.24. The number of carbonyl (C=O) groups is 3. The molecular formula is C35H45N3O10S2. The number of amides is 2. The van der Waals surface area contributed by atoms with Crippen molar-refractivity contribution in [3.8, 4) is 17.2 Å². The molecule has 0 aromatic heterocycles. The first-order valence-electron chi connectivity index (χ1n) is 16.7. The second-order valence-electron chi connectivity index (χ2n) is 12.2. The third-order valence-corrected chi connectivity index (χ3v) is 11.6. The minimum atomic E-state index is -0.849. The van der Waals surface area contributed by atoms with E-state index in [-0.39, 0.29) is 16.7 Å². The second kappa shape index (κ2) is 18.9. The maximum atomic E-state index is 12.4. The largest absolute Gasteiger partial charge is 0.616 e. The van der Waals surface area contributed by atoms with Gasteiger partial charge in [-0.2, -0.15) is 0 Å². The Balaban J connectivity index is 0.000000232. The number of fused-ring (bicyclic) bond motifs is 2. The normalized spacial score (nSPS) is 20.0. The fraction of sp³-hybridized carbons (Fsp3) is 0.514. The van der Waals surface area contributed by atoms with Crippen LogP contribution in [-0.2, 0) is 36.7 Å². The Kier molecular flexibility index (Phi) is 14.7. The third-order valence-electron chi connectivity index (χ3n) is 8.43. The Morgan fingerprint density at radius 3 is 2.62 bits per heavy atom. The number of rotatable bonds is 16. The van der Waals surface area contributed by atoms with E-state index in [1.807, 2.05) is 18.2 Å². The average Bonchev–Trinajstić information content (AvgIpc) is 3.59. The Hall–Kier alpha value is -3.95. The van der Waals surface area contributed by atoms with Gasteiger partial charge in [0.15, 0.2) is 24.1 Å². The standard InChI is InChI=1S/C18H28O3S.C17H17N3O7S/c1-3-4-5-6-7-8-11-22(19)15(2)12-16-9-10-17-18(13-16)21-14-20-17;1-9-8-28-16-13(15(22)19(16)14(9)17(23)26-2)18-12(21)7-27-11-5-3-4-10(6-11)20(24)25/h9-10,13,15H,3-8,11-12,14H2,1-2H3;3-6,13-14,16H,1,7-8H2,2H3,(H,18,21)/t;13?,14?,16-/m.1/s1. The Labute approximate surface area is 299 Å². The quantitative estimate of drug-likeness (QED) is 0.0473. The van der Waals surface area contributed by atoms with Crippen molar-refractivity contribution >= 4 is 46.4 Å². The Bertz CT molecular complexity index is 1520. The summed E-state index contributed by atoms with van der Waals surface area (Å²) in [4.78, 5) is 48.1. The van der Waals surface area contributed by atoms with Crippen molar-refractivity contribution < 1.29 is 42.8 Å². The van der Waals surface area contributed by atoms with Gasteiger partial charge in [0.25, 0.3) is 11.6 Å². The van der Waals surface area contributed by atoms with Gasteiger partial charge < -0.3 is 33.7 Å². The number of methoxy groups -OCH3 is 1. The molecule has 1 N–H and O–H groups in total. The van der Waals surface area contributed by atoms with Crippen LogP contribution in [0.25, 0.3) is 0 Å². The molecule has 2 fully saturated rings. The fourth-order valence-electron chi connectivity index (χ4n) is 5.70. The van der Waals surface area contributed by atoms with Gasteiger partial charge in [0.05, 0.1) is 18.1 Å². The summed E-state index contributed by atoms with van der Waals surface area (Å²) in [6.45, 7) is 8.02. The summed E-state index contributed by atoms with van der Waals surface area (Å²) in [5.74, 6) is 1.56. The topological polar surface area (TPSA) is 170 Å². The first kappa shape index (κ1) is 38.8. The number of nitro groups is 1. The van der Waals surface area contributed by atoms with E-state index in [1.54, 1.807) is 0 Å². The van der Waals surface area contributed by atoms with Crippen LogP contribution >= 0.6 is 11.8 Å². The number of hydrogen-bond donors (Lipinski definition) is 1. The number of benzene rings is 2. The summed E-state index contributed by atoms with van der Waals surface area (Å²) in [6.07, 6.45) is 8.32. The maximum Gasteiger partial charge on any atom is 0.332 e. The van der Waals surface area contributed by atoms with Crippen molar-refractivity contribution in [2.45, 2.75) is 81.5 Å². The van der Waals surface area contributed by atoms with Crippen LogP contribution in [0.2, 0.25) is 0 Å². The highest BCUT2D eigenvalue weighted by Crippen LogP contribution is 2.40. The number of thioether (sulfide) groups is 1. The first-order valence-corrected chi connectivity index (χ1v) is 19.1. The molecule has 2 amide bonds. The molecule has 2 aromatic rings. The van der Waals surface area contributed by atoms with Crippen molar-refractivity contribution in [3.63, 3.8) is 0 Å². The summed E-state index contributed by atoms with van der Waals surface area (Å²) < 4.78 is 33.0. The molecule has 0 aliphatic carbocycles. The van der Waals surface area contributed by atoms with Crippen LogP contribution in [0.5, 0.6) is 17.2 Å². The highest BCUT2D eigenvalue weighted by atomic mass is 32.2. The number of nitrogens with zero attached hydrogens (tertiary/aromatic N) is 2. The maximum absolute atomic E-state index is 12.4. The lowest BCUT2D eigenvalue weighted by Gasteiger charge is -2.52. The number of ether oxygens (including phenoxy) is 4. The van der Waals surface area contributed by atoms with E-state index in [2.05, 4.69) is 25.7 Å². The highest BCUT2D eigenvalue weighted by molar-refractivity contribution is 8.00. The third kappa shape index (κ3) is 10.3. The number of unbranched alkanes of at least 4 members (excludes halogenated alkanes) is 5. The van der Waals surface area contributed by atoms with Gasteiger partial charge in [-0.1, -0.05) is 62.5 Å². The number of nitrogens with one attached hydrogen (secondary N) is 1. The monoisotopic (exact) mass is 731 g/mol. The number of esters is 1. The number of β-lactam (4-membered cyclic amide) rings is 1. The Morgan fingerprint density at radius 1 is 1.14 bits per heavy atom. The molecule has 4 unspecified atom stereocenters. The van der Waals surface area contributed by atoms with Crippen LogP contribution in [0.4, 0.5) is 5.69 Å². The molecule has 50 heavy (non-hydrogen) atoms. The van der Waals surface area contributed by atoms with Crippen LogP contribution in [0.1, 0.15) is 57.9 Å². The molecule has 3 aliphatic heterocycles. The molecule has 0 spiro atoms. The van der Waals surface area contributed by atoms with Gasteiger partial charge in [-0.3, -0.25) is 19.7 Å². The molecule has 0 radical (unpaired) electrons. The van der Waals surface area contributed by atoms with Crippen molar-refractivity contribution in [2.75, 3.05) is 32.0 Å². The van der Waals surface area contributed by atoms with E-state index in [0.717, 1.165) is 30.1 Å². The van der Waals surface area contributed by atoms with Crippen LogP contribution in [0, 0.1) is 10.1 Å². The molecule has 13 nitrogen and oxygen atoms in total. The smallest absolute Gasteiger partial charge is 0.332 e. The zero-order valence-corrected chi connectivity index (χ0v) is 30.3. The molecule has 0 bridgehead atoms. The van der Waals surface area contributed by atoms with Crippen LogP contribution in [0.3, 0.4) is 0 Å². The molecular weight excluding hydrogens is 687 g/mol. The zero-order valence-electron chi connectivity index (χ0n) is 28.6. The van der Waals surface area contributed by atoms with E-state index in [4.69, 9.17) is 18.9 Å². The molecule has 2 aromatic carbocycles. The molecule has 5 atom stereocenters. The average molecular weight is 732 g/mol. The lowest BCUT2D eigenvalue weighted by atomic mass is 9.98. The molecule has 2 saturated heterocycles. The van der Waals surface area contributed by atoms with E-state index in [9.17, 15) is 29.1 Å². The lowest BCUT2D eigenvalue weighted by Crippen LogP contribution is -2.74. The summed E-state index contributed by atoms with van der Waals surface area (Å²) in [5, 5.41) is 13.1. The van der Waals surface area contributed by atoms with E-state index in [0.29, 0.717) is 18.1 Å². The van der Waals surface area contributed by atoms with Crippen LogP contribution < -0.4 is 19.5 Å². The van der Waals surface area contributed by atoms with Gasteiger partial charge in [0.2, 0.25) is 12.7 Å². The van der Waals surface area contributed by atoms with Gasteiger partial charge >= 0.3 is 5.97 Å². The number of hydrogen-bond acceptors (Lipinski definition) is 11. The molecule has 3 heterocycles. The number of nitro benzene ring substituents is 1. The van der Waals surface area contributed by atoms with Crippen molar-refractivity contribution in [2.24, 2.45) is 0 Å².